The van der Waals surface area contributed by atoms with E-state index >= 15 is 0 Å². The zero-order chi connectivity index (χ0) is 5.82. The smallest absolute Gasteiger partial charge is 0.0564 e. The van der Waals surface area contributed by atoms with Crippen LogP contribution in [0, 0.1) is 6.08 Å². The van der Waals surface area contributed by atoms with Crippen LogP contribution in [0.1, 0.15) is 0 Å². The van der Waals surface area contributed by atoms with Crippen molar-refractivity contribution in [2.75, 3.05) is 6.54 Å². The van der Waals surface area contributed by atoms with E-state index in [0.717, 1.165) is 0 Å². The molecule has 0 aliphatic carbocycles. The fourth-order valence-corrected chi connectivity index (χ4v) is 0.577. The minimum Gasteiger partial charge on any atom is -0.383 e. The summed E-state index contributed by atoms with van der Waals surface area (Å²) in [6.45, 7) is 0.648. The van der Waals surface area contributed by atoms with Crippen LogP contribution in [0.3, 0.4) is 0 Å². The van der Waals surface area contributed by atoms with Crippen molar-refractivity contribution in [1.29, 1.82) is 0 Å². The van der Waals surface area contributed by atoms with Gasteiger partial charge < -0.3 is 11.1 Å². The normalized spacial score (nSPS) is 25.4. The van der Waals surface area contributed by atoms with E-state index in [9.17, 15) is 0 Å². The van der Waals surface area contributed by atoms with Gasteiger partial charge in [0.2, 0.25) is 0 Å². The lowest BCUT2D eigenvalue weighted by molar-refractivity contribution is 0.699. The lowest BCUT2D eigenvalue weighted by Gasteiger charge is -2.11. The highest BCUT2D eigenvalue weighted by Gasteiger charge is 1.97. The molecule has 43 valence electrons. The molecule has 3 N–H and O–H groups in total. The average molecular weight is 109 g/mol. The van der Waals surface area contributed by atoms with E-state index < -0.39 is 0 Å². The summed E-state index contributed by atoms with van der Waals surface area (Å²) in [5, 5.41) is 3.02. The predicted octanol–water partition coefficient (Wildman–Crippen LogP) is -0.210. The summed E-state index contributed by atoms with van der Waals surface area (Å²) in [4.78, 5) is 0. The van der Waals surface area contributed by atoms with Crippen molar-refractivity contribution in [1.82, 2.24) is 5.32 Å². The zero-order valence-corrected chi connectivity index (χ0v) is 4.59. The Bertz CT molecular complexity index is 116. The molecule has 0 saturated carbocycles. The number of allylic oxidation sites excluding steroid dienone is 2. The topological polar surface area (TPSA) is 38.0 Å². The van der Waals surface area contributed by atoms with E-state index in [1.807, 2.05) is 12.2 Å². The van der Waals surface area contributed by atoms with Gasteiger partial charge in [0.15, 0.2) is 0 Å². The number of hydrogen-bond acceptors (Lipinski definition) is 2. The Morgan fingerprint density at radius 1 is 1.75 bits per heavy atom. The van der Waals surface area contributed by atoms with Crippen molar-refractivity contribution >= 4 is 0 Å². The van der Waals surface area contributed by atoms with Crippen LogP contribution in [0.5, 0.6) is 0 Å². The molecule has 1 heterocycles. The molecule has 2 nitrogen and oxygen atoms in total. The Balaban J connectivity index is 2.40. The van der Waals surface area contributed by atoms with Gasteiger partial charge >= 0.3 is 0 Å². The first-order chi connectivity index (χ1) is 3.93. The van der Waals surface area contributed by atoms with Crippen LogP contribution < -0.4 is 11.1 Å². The van der Waals surface area contributed by atoms with Crippen LogP contribution in [-0.2, 0) is 0 Å². The highest BCUT2D eigenvalue weighted by atomic mass is 14.9. The standard InChI is InChI=1S/C6H9N2/c7-5-6-3-1-2-4-8-6/h1,3-4,6,8H,5,7H2. The fourth-order valence-electron chi connectivity index (χ4n) is 0.577. The summed E-state index contributed by atoms with van der Waals surface area (Å²) in [6, 6.07) is 0.316. The molecule has 1 unspecified atom stereocenters. The van der Waals surface area contributed by atoms with Crippen LogP contribution >= 0.6 is 0 Å². The van der Waals surface area contributed by atoms with Crippen LogP contribution in [0.15, 0.2) is 18.4 Å². The molecule has 0 fully saturated rings. The summed E-state index contributed by atoms with van der Waals surface area (Å²) < 4.78 is 0. The molecule has 0 aromatic heterocycles. The second-order valence-corrected chi connectivity index (χ2v) is 1.68. The van der Waals surface area contributed by atoms with E-state index in [0.29, 0.717) is 12.6 Å². The third-order valence-corrected chi connectivity index (χ3v) is 1.06. The molecular weight excluding hydrogens is 100 g/mol. The Labute approximate surface area is 49.1 Å². The predicted molar refractivity (Wildman–Crippen MR) is 32.9 cm³/mol. The van der Waals surface area contributed by atoms with Gasteiger partial charge in [0, 0.05) is 12.7 Å². The minimum absolute atomic E-state index is 0.316. The molecule has 0 spiro atoms. The maximum atomic E-state index is 5.34. The van der Waals surface area contributed by atoms with Crippen molar-refractivity contribution < 1.29 is 0 Å². The number of nitrogens with one attached hydrogen (secondary N) is 1. The number of hydrogen-bond donors (Lipinski definition) is 2. The average Bonchev–Trinajstić information content (AvgIpc) is 1.90. The van der Waals surface area contributed by atoms with Gasteiger partial charge in [-0.3, -0.25) is 0 Å². The molecule has 1 atom stereocenters. The summed E-state index contributed by atoms with van der Waals surface area (Å²) in [5.74, 6) is 0. The highest BCUT2D eigenvalue weighted by Crippen LogP contribution is 1.89. The van der Waals surface area contributed by atoms with Crippen LogP contribution in [0.25, 0.3) is 0 Å². The third kappa shape index (κ3) is 1.10. The summed E-state index contributed by atoms with van der Waals surface area (Å²) in [5.41, 5.74) is 5.34. The summed E-state index contributed by atoms with van der Waals surface area (Å²) >= 11 is 0. The van der Waals surface area contributed by atoms with Crippen LogP contribution in [0.4, 0.5) is 0 Å². The Kier molecular flexibility index (Phi) is 1.70. The van der Waals surface area contributed by atoms with E-state index in [1.165, 1.54) is 0 Å². The van der Waals surface area contributed by atoms with Gasteiger partial charge in [-0.1, -0.05) is 12.2 Å². The van der Waals surface area contributed by atoms with Crippen LogP contribution in [0.2, 0.25) is 0 Å². The lowest BCUT2D eigenvalue weighted by atomic mass is 10.2. The molecule has 0 amide bonds. The quantitative estimate of drug-likeness (QED) is 0.489. The first-order valence-electron chi connectivity index (χ1n) is 2.64. The molecular formula is C6H9N2. The molecule has 0 aromatic carbocycles. The SMILES string of the molecule is NCC1C=C[C]=CN1. The lowest BCUT2D eigenvalue weighted by Crippen LogP contribution is -2.31. The largest absolute Gasteiger partial charge is 0.383 e. The molecule has 1 radical (unpaired) electrons. The molecule has 1 aliphatic heterocycles. The van der Waals surface area contributed by atoms with E-state index in [-0.39, 0.29) is 0 Å². The minimum atomic E-state index is 0.316. The first kappa shape index (κ1) is 5.38. The third-order valence-electron chi connectivity index (χ3n) is 1.06. The number of nitrogens with two attached hydrogens (primary N) is 1. The molecule has 1 rings (SSSR count). The van der Waals surface area contributed by atoms with Crippen molar-refractivity contribution in [3.8, 4) is 0 Å². The second kappa shape index (κ2) is 2.52. The molecule has 2 heteroatoms. The first-order valence-corrected chi connectivity index (χ1v) is 2.64. The van der Waals surface area contributed by atoms with Gasteiger partial charge in [-0.2, -0.15) is 0 Å². The second-order valence-electron chi connectivity index (χ2n) is 1.68. The van der Waals surface area contributed by atoms with Gasteiger partial charge in [0.1, 0.15) is 0 Å². The highest BCUT2D eigenvalue weighted by molar-refractivity contribution is 5.07. The van der Waals surface area contributed by atoms with Gasteiger partial charge in [-0.05, 0) is 6.08 Å². The van der Waals surface area contributed by atoms with Gasteiger partial charge in [-0.25, -0.2) is 0 Å². The maximum Gasteiger partial charge on any atom is 0.0564 e. The molecule has 1 aliphatic rings. The van der Waals surface area contributed by atoms with E-state index in [2.05, 4.69) is 11.4 Å². The number of dihydropyridines is 1. The van der Waals surface area contributed by atoms with Crippen molar-refractivity contribution in [2.45, 2.75) is 6.04 Å². The zero-order valence-electron chi connectivity index (χ0n) is 4.59. The summed E-state index contributed by atoms with van der Waals surface area (Å²) in [7, 11) is 0. The summed E-state index contributed by atoms with van der Waals surface area (Å²) in [6.07, 6.45) is 8.51. The number of rotatable bonds is 1. The van der Waals surface area contributed by atoms with Crippen molar-refractivity contribution in [3.05, 3.63) is 24.4 Å². The Morgan fingerprint density at radius 2 is 2.62 bits per heavy atom. The molecule has 0 bridgehead atoms. The Morgan fingerprint density at radius 3 is 3.00 bits per heavy atom. The van der Waals surface area contributed by atoms with E-state index in [1.54, 1.807) is 6.20 Å². The van der Waals surface area contributed by atoms with Crippen molar-refractivity contribution in [3.63, 3.8) is 0 Å². The van der Waals surface area contributed by atoms with Gasteiger partial charge in [0.05, 0.1) is 6.04 Å². The monoisotopic (exact) mass is 109 g/mol. The Hall–Kier alpha value is -0.760. The van der Waals surface area contributed by atoms with Gasteiger partial charge in [0.25, 0.3) is 0 Å². The molecule has 0 aromatic rings. The van der Waals surface area contributed by atoms with Crippen LogP contribution in [-0.4, -0.2) is 12.6 Å². The molecule has 0 saturated heterocycles. The van der Waals surface area contributed by atoms with Gasteiger partial charge in [-0.15, -0.1) is 0 Å². The molecule has 8 heavy (non-hydrogen) atoms. The van der Waals surface area contributed by atoms with Crippen molar-refractivity contribution in [2.24, 2.45) is 5.73 Å². The fraction of sp³-hybridized carbons (Fsp3) is 0.333. The maximum absolute atomic E-state index is 5.34. The van der Waals surface area contributed by atoms with E-state index in [4.69, 9.17) is 5.73 Å².